The molecule has 3 amide bonds. The summed E-state index contributed by atoms with van der Waals surface area (Å²) in [5.41, 5.74) is 1.67. The monoisotopic (exact) mass is 645 g/mol. The lowest BCUT2D eigenvalue weighted by molar-refractivity contribution is -0.146. The van der Waals surface area contributed by atoms with Gasteiger partial charge in [-0.3, -0.25) is 14.4 Å². The number of hydrogen-bond acceptors (Lipinski definition) is 6. The summed E-state index contributed by atoms with van der Waals surface area (Å²) in [7, 11) is 1.59. The number of ether oxygens (including phenoxy) is 1. The molecule has 3 fully saturated rings. The van der Waals surface area contributed by atoms with E-state index in [-0.39, 0.29) is 48.0 Å². The van der Waals surface area contributed by atoms with Crippen molar-refractivity contribution in [2.45, 2.75) is 62.2 Å². The molecule has 1 spiro atoms. The number of anilines is 1. The van der Waals surface area contributed by atoms with Crippen LogP contribution in [0.25, 0.3) is 0 Å². The van der Waals surface area contributed by atoms with E-state index in [0.29, 0.717) is 30.9 Å². The number of nitrogens with zero attached hydrogens (tertiary/aromatic N) is 3. The molecule has 0 radical (unpaired) electrons. The maximum atomic E-state index is 15.0. The van der Waals surface area contributed by atoms with Gasteiger partial charge >= 0.3 is 0 Å². The topological polar surface area (TPSA) is 90.4 Å². The van der Waals surface area contributed by atoms with Crippen molar-refractivity contribution in [3.05, 3.63) is 85.5 Å². The first-order chi connectivity index (χ1) is 22.1. The number of thioether (sulfide) groups is 1. The van der Waals surface area contributed by atoms with Crippen molar-refractivity contribution in [2.75, 3.05) is 31.7 Å². The summed E-state index contributed by atoms with van der Waals surface area (Å²) < 4.78 is 4.53. The van der Waals surface area contributed by atoms with E-state index in [4.69, 9.17) is 4.74 Å². The van der Waals surface area contributed by atoms with Crippen molar-refractivity contribution in [2.24, 2.45) is 23.7 Å². The molecule has 8 nitrogen and oxygen atoms in total. The Balaban J connectivity index is 1.60. The molecule has 0 saturated carbocycles. The van der Waals surface area contributed by atoms with Crippen LogP contribution in [-0.4, -0.2) is 81.5 Å². The van der Waals surface area contributed by atoms with Gasteiger partial charge in [0.15, 0.2) is 0 Å². The minimum atomic E-state index is -0.854. The van der Waals surface area contributed by atoms with Crippen LogP contribution in [0.4, 0.5) is 5.69 Å². The molecule has 46 heavy (non-hydrogen) atoms. The van der Waals surface area contributed by atoms with Crippen LogP contribution in [0, 0.1) is 23.7 Å². The first kappa shape index (κ1) is 33.8. The lowest BCUT2D eigenvalue weighted by atomic mass is 9.65. The Kier molecular flexibility index (Phi) is 10.3. The molecule has 2 bridgehead atoms. The summed E-state index contributed by atoms with van der Waals surface area (Å²) in [6, 6.07) is 15.7. The molecule has 0 aromatic heterocycles. The molecule has 3 saturated heterocycles. The van der Waals surface area contributed by atoms with Gasteiger partial charge in [-0.15, -0.1) is 24.9 Å². The van der Waals surface area contributed by atoms with E-state index in [9.17, 15) is 14.7 Å². The molecule has 3 aliphatic rings. The fourth-order valence-corrected chi connectivity index (χ4v) is 10.4. The van der Waals surface area contributed by atoms with Crippen LogP contribution in [-0.2, 0) is 20.9 Å². The molecule has 0 aliphatic carbocycles. The highest BCUT2D eigenvalue weighted by Crippen LogP contribution is 2.69. The number of likely N-dealkylation sites (tertiary alicyclic amines) is 1. The minimum Gasteiger partial charge on any atom is -0.497 e. The Labute approximate surface area is 277 Å². The average Bonchev–Trinajstić information content (AvgIpc) is 3.65. The van der Waals surface area contributed by atoms with Crippen LogP contribution in [0.2, 0.25) is 0 Å². The molecular formula is C37H47N3O5S. The summed E-state index contributed by atoms with van der Waals surface area (Å²) in [5.74, 6) is -0.915. The second kappa shape index (κ2) is 14.1. The Hall–Kier alpha value is -3.56. The second-order valence-corrected chi connectivity index (χ2v) is 14.7. The van der Waals surface area contributed by atoms with E-state index in [2.05, 4.69) is 20.1 Å². The number of aliphatic hydroxyl groups is 1. The van der Waals surface area contributed by atoms with Crippen LogP contribution in [0.1, 0.15) is 39.2 Å². The standard InChI is InChI=1S/C37H47N3O5S/c1-7-18-38(22-26-12-10-9-11-13-26)34(42)31-30-21-25(5)37(46-30)32(31)35(43)40(28(23-41)20-24(3)4)33(37)36(44)39(19-8-2)27-14-16-29(45-6)17-15-27/h7-17,24-25,28,30-33,41H,1-2,18-23H2,3-6H3/t25?,28-,30+,31-,32+,33?,37?/m1/s1. The molecule has 2 aromatic rings. The number of carbonyl (C=O) groups excluding carboxylic acids is 3. The van der Waals surface area contributed by atoms with E-state index >= 15 is 4.79 Å². The predicted octanol–water partition coefficient (Wildman–Crippen LogP) is 5.17. The van der Waals surface area contributed by atoms with Crippen LogP contribution in [0.3, 0.4) is 0 Å². The van der Waals surface area contributed by atoms with E-state index in [1.807, 2.05) is 56.3 Å². The van der Waals surface area contributed by atoms with E-state index in [1.54, 1.807) is 57.9 Å². The Morgan fingerprint density at radius 1 is 1.09 bits per heavy atom. The Morgan fingerprint density at radius 2 is 1.76 bits per heavy atom. The first-order valence-electron chi connectivity index (χ1n) is 16.2. The molecule has 5 rings (SSSR count). The van der Waals surface area contributed by atoms with Gasteiger partial charge in [0.25, 0.3) is 5.91 Å². The minimum absolute atomic E-state index is 0.00118. The molecule has 9 heteroatoms. The van der Waals surface area contributed by atoms with Gasteiger partial charge in [-0.2, -0.15) is 0 Å². The predicted molar refractivity (Wildman–Crippen MR) is 183 cm³/mol. The van der Waals surface area contributed by atoms with Crippen LogP contribution >= 0.6 is 11.8 Å². The summed E-state index contributed by atoms with van der Waals surface area (Å²) in [6.07, 6.45) is 4.67. The van der Waals surface area contributed by atoms with Crippen LogP contribution in [0.15, 0.2) is 79.9 Å². The van der Waals surface area contributed by atoms with Crippen LogP contribution in [0.5, 0.6) is 5.75 Å². The zero-order chi connectivity index (χ0) is 33.2. The number of carbonyl (C=O) groups is 3. The van der Waals surface area contributed by atoms with E-state index in [1.165, 1.54) is 0 Å². The van der Waals surface area contributed by atoms with Crippen molar-refractivity contribution < 1.29 is 24.2 Å². The van der Waals surface area contributed by atoms with Crippen molar-refractivity contribution in [3.63, 3.8) is 0 Å². The first-order valence-corrected chi connectivity index (χ1v) is 17.1. The van der Waals surface area contributed by atoms with Gasteiger partial charge in [0.05, 0.1) is 36.3 Å². The normalized spacial score (nSPS) is 27.0. The Morgan fingerprint density at radius 3 is 2.35 bits per heavy atom. The number of aliphatic hydroxyl groups excluding tert-OH is 1. The van der Waals surface area contributed by atoms with E-state index < -0.39 is 28.7 Å². The van der Waals surface area contributed by atoms with Gasteiger partial charge < -0.3 is 24.5 Å². The average molecular weight is 646 g/mol. The number of amides is 3. The molecule has 3 aliphatic heterocycles. The molecule has 3 unspecified atom stereocenters. The fraction of sp³-hybridized carbons (Fsp3) is 0.486. The van der Waals surface area contributed by atoms with Crippen molar-refractivity contribution in [1.29, 1.82) is 0 Å². The molecule has 3 heterocycles. The third-order valence-electron chi connectivity index (χ3n) is 9.89. The lowest BCUT2D eigenvalue weighted by Gasteiger charge is -2.42. The summed E-state index contributed by atoms with van der Waals surface area (Å²) in [4.78, 5) is 49.6. The molecule has 7 atom stereocenters. The number of hydrogen-bond donors (Lipinski definition) is 1. The molecular weight excluding hydrogens is 598 g/mol. The quantitative estimate of drug-likeness (QED) is 0.285. The summed E-state index contributed by atoms with van der Waals surface area (Å²) in [6.45, 7) is 14.8. The Bertz CT molecular complexity index is 1430. The summed E-state index contributed by atoms with van der Waals surface area (Å²) >= 11 is 1.65. The van der Waals surface area contributed by atoms with Crippen molar-refractivity contribution in [3.8, 4) is 5.75 Å². The second-order valence-electron chi connectivity index (χ2n) is 13.2. The number of rotatable bonds is 14. The zero-order valence-corrected chi connectivity index (χ0v) is 28.2. The van der Waals surface area contributed by atoms with E-state index in [0.717, 1.165) is 12.0 Å². The highest BCUT2D eigenvalue weighted by atomic mass is 32.2. The third kappa shape index (κ3) is 5.88. The highest BCUT2D eigenvalue weighted by molar-refractivity contribution is 8.02. The summed E-state index contributed by atoms with van der Waals surface area (Å²) in [5, 5.41) is 10.6. The van der Waals surface area contributed by atoms with Gasteiger partial charge in [-0.05, 0) is 54.5 Å². The zero-order valence-electron chi connectivity index (χ0n) is 27.4. The smallest absolute Gasteiger partial charge is 0.251 e. The maximum Gasteiger partial charge on any atom is 0.251 e. The van der Waals surface area contributed by atoms with Gasteiger partial charge in [-0.1, -0.05) is 63.3 Å². The van der Waals surface area contributed by atoms with Crippen molar-refractivity contribution in [1.82, 2.24) is 9.80 Å². The number of benzene rings is 2. The van der Waals surface area contributed by atoms with Crippen molar-refractivity contribution >= 4 is 35.2 Å². The maximum absolute atomic E-state index is 15.0. The van der Waals surface area contributed by atoms with Gasteiger partial charge in [0.1, 0.15) is 11.8 Å². The van der Waals surface area contributed by atoms with Gasteiger partial charge in [0.2, 0.25) is 11.8 Å². The largest absolute Gasteiger partial charge is 0.497 e. The molecule has 1 N–H and O–H groups in total. The molecule has 2 aromatic carbocycles. The number of fused-ring (bicyclic) bond motifs is 1. The molecule has 246 valence electrons. The fourth-order valence-electron chi connectivity index (χ4n) is 8.00. The SMILES string of the molecule is C=CCN(Cc1ccccc1)C(=O)[C@@H]1[C@@H]2CC(C)C3(S2)C(C(=O)N(CC=C)c2ccc(OC)cc2)N([C@@H](CO)CC(C)C)C(=O)[C@H]13. The lowest BCUT2D eigenvalue weighted by Crippen LogP contribution is -2.59. The van der Waals surface area contributed by atoms with Gasteiger partial charge in [-0.25, -0.2) is 0 Å². The van der Waals surface area contributed by atoms with Crippen LogP contribution < -0.4 is 9.64 Å². The third-order valence-corrected chi connectivity index (χ3v) is 12.0. The highest BCUT2D eigenvalue weighted by Gasteiger charge is 2.77. The number of methoxy groups -OCH3 is 1. The van der Waals surface area contributed by atoms with Gasteiger partial charge in [0, 0.05) is 30.6 Å².